The Balaban J connectivity index is 1.97. The summed E-state index contributed by atoms with van der Waals surface area (Å²) < 4.78 is 5.42. The molecule has 1 aromatic heterocycles. The number of carbonyl (C=O) groups is 2. The lowest BCUT2D eigenvalue weighted by atomic mass is 10.1. The average molecular weight is 370 g/mol. The van der Waals surface area contributed by atoms with Crippen LogP contribution in [0.4, 0.5) is 0 Å². The van der Waals surface area contributed by atoms with Gasteiger partial charge in [-0.15, -0.1) is 0 Å². The maximum atomic E-state index is 12.2. The molecule has 2 atom stereocenters. The number of aliphatic hydroxyl groups is 1. The highest BCUT2D eigenvalue weighted by atomic mass is 16.5. The lowest BCUT2D eigenvalue weighted by Gasteiger charge is -2.19. The van der Waals surface area contributed by atoms with Gasteiger partial charge in [0.1, 0.15) is 17.6 Å². The van der Waals surface area contributed by atoms with Gasteiger partial charge in [-0.05, 0) is 49.8 Å². The molecule has 1 aromatic carbocycles. The second-order valence-electron chi connectivity index (χ2n) is 5.96. The number of amides is 2. The number of aliphatic hydroxyl groups excluding tert-OH is 1. The van der Waals surface area contributed by atoms with Gasteiger partial charge in [0.2, 0.25) is 0 Å². The molecule has 0 fully saturated rings. The van der Waals surface area contributed by atoms with E-state index in [1.54, 1.807) is 24.3 Å². The van der Waals surface area contributed by atoms with E-state index in [1.165, 1.54) is 12.4 Å². The van der Waals surface area contributed by atoms with E-state index in [4.69, 9.17) is 9.62 Å². The second kappa shape index (κ2) is 9.51. The summed E-state index contributed by atoms with van der Waals surface area (Å²) in [5.74, 6) is 0.190. The van der Waals surface area contributed by atoms with E-state index in [-0.39, 0.29) is 0 Å². The Hall–Kier alpha value is -3.16. The van der Waals surface area contributed by atoms with Gasteiger partial charge in [0.25, 0.3) is 11.8 Å². The van der Waals surface area contributed by atoms with Gasteiger partial charge in [-0.2, -0.15) is 0 Å². The van der Waals surface area contributed by atoms with Crippen LogP contribution in [0.15, 0.2) is 53.0 Å². The summed E-state index contributed by atoms with van der Waals surface area (Å²) >= 11 is 0. The molecule has 2 rings (SSSR count). The van der Waals surface area contributed by atoms with Crippen molar-refractivity contribution in [2.75, 3.05) is 0 Å². The van der Waals surface area contributed by atoms with Crippen LogP contribution in [0.2, 0.25) is 0 Å². The average Bonchev–Trinajstić information content (AvgIpc) is 3.08. The molecule has 0 aliphatic rings. The van der Waals surface area contributed by atoms with E-state index >= 15 is 0 Å². The van der Waals surface area contributed by atoms with Gasteiger partial charge < -0.3 is 14.8 Å². The number of aryl methyl sites for hydroxylation is 1. The van der Waals surface area contributed by atoms with Crippen molar-refractivity contribution in [1.82, 2.24) is 10.8 Å². The van der Waals surface area contributed by atoms with Gasteiger partial charge in [0, 0.05) is 5.56 Å². The first kappa shape index (κ1) is 20.2. The monoisotopic (exact) mass is 370 g/mol. The SMILES string of the molecule is Cc1ccc(/C=C/C=C/c2ccc(C(=O)NC(C(=O)NO)C(C)O)cc2)o1. The normalized spacial score (nSPS) is 13.6. The van der Waals surface area contributed by atoms with E-state index in [9.17, 15) is 14.7 Å². The summed E-state index contributed by atoms with van der Waals surface area (Å²) in [6.45, 7) is 3.22. The molecule has 2 aromatic rings. The minimum absolute atomic E-state index is 0.324. The zero-order chi connectivity index (χ0) is 19.8. The molecule has 0 radical (unpaired) electrons. The van der Waals surface area contributed by atoms with Gasteiger partial charge in [-0.3, -0.25) is 14.8 Å². The van der Waals surface area contributed by atoms with Crippen LogP contribution in [0, 0.1) is 6.92 Å². The predicted octanol–water partition coefficient (Wildman–Crippen LogP) is 2.30. The van der Waals surface area contributed by atoms with Gasteiger partial charge >= 0.3 is 0 Å². The van der Waals surface area contributed by atoms with E-state index in [0.29, 0.717) is 5.56 Å². The first-order valence-electron chi connectivity index (χ1n) is 8.35. The van der Waals surface area contributed by atoms with Crippen molar-refractivity contribution in [3.63, 3.8) is 0 Å². The van der Waals surface area contributed by atoms with Crippen LogP contribution in [-0.4, -0.2) is 34.3 Å². The number of benzene rings is 1. The van der Waals surface area contributed by atoms with E-state index < -0.39 is 24.0 Å². The van der Waals surface area contributed by atoms with Crippen LogP contribution in [0.3, 0.4) is 0 Å². The van der Waals surface area contributed by atoms with Crippen molar-refractivity contribution in [1.29, 1.82) is 0 Å². The fourth-order valence-corrected chi connectivity index (χ4v) is 2.30. The smallest absolute Gasteiger partial charge is 0.268 e. The van der Waals surface area contributed by atoms with Crippen molar-refractivity contribution in [3.8, 4) is 0 Å². The standard InChI is InChI=1S/C20H22N2O5/c1-13-7-12-17(27-13)6-4-3-5-15-8-10-16(11-9-15)19(24)21-18(14(2)23)20(25)22-26/h3-12,14,18,23,26H,1-2H3,(H,21,24)(H,22,25)/b5-3+,6-4+. The maximum Gasteiger partial charge on any atom is 0.268 e. The van der Waals surface area contributed by atoms with Gasteiger partial charge in [-0.1, -0.05) is 30.4 Å². The first-order valence-corrected chi connectivity index (χ1v) is 8.35. The molecule has 1 heterocycles. The molecular weight excluding hydrogens is 348 g/mol. The number of allylic oxidation sites excluding steroid dienone is 2. The quantitative estimate of drug-likeness (QED) is 0.339. The van der Waals surface area contributed by atoms with Crippen molar-refractivity contribution < 1.29 is 24.3 Å². The van der Waals surface area contributed by atoms with Crippen LogP contribution >= 0.6 is 0 Å². The van der Waals surface area contributed by atoms with Crippen LogP contribution in [0.25, 0.3) is 12.2 Å². The number of hydrogen-bond donors (Lipinski definition) is 4. The Bertz CT molecular complexity index is 834. The minimum Gasteiger partial charge on any atom is -0.462 e. The highest BCUT2D eigenvalue weighted by Crippen LogP contribution is 2.10. The van der Waals surface area contributed by atoms with Gasteiger partial charge in [-0.25, -0.2) is 5.48 Å². The van der Waals surface area contributed by atoms with Crippen molar-refractivity contribution in [3.05, 3.63) is 71.2 Å². The van der Waals surface area contributed by atoms with Crippen LogP contribution in [0.5, 0.6) is 0 Å². The molecule has 0 saturated carbocycles. The molecule has 4 N–H and O–H groups in total. The molecule has 0 bridgehead atoms. The fourth-order valence-electron chi connectivity index (χ4n) is 2.30. The molecule has 2 amide bonds. The summed E-state index contributed by atoms with van der Waals surface area (Å²) in [6, 6.07) is 9.22. The molecule has 7 nitrogen and oxygen atoms in total. The van der Waals surface area contributed by atoms with Crippen LogP contribution < -0.4 is 10.8 Å². The second-order valence-corrected chi connectivity index (χ2v) is 5.96. The third-order valence-electron chi connectivity index (χ3n) is 3.76. The molecule has 2 unspecified atom stereocenters. The molecule has 0 aliphatic carbocycles. The van der Waals surface area contributed by atoms with E-state index in [0.717, 1.165) is 17.1 Å². The van der Waals surface area contributed by atoms with E-state index in [2.05, 4.69) is 5.32 Å². The Morgan fingerprint density at radius 2 is 1.74 bits per heavy atom. The molecule has 7 heteroatoms. The minimum atomic E-state index is -1.25. The number of hydroxylamine groups is 1. The number of carbonyl (C=O) groups excluding carboxylic acids is 2. The molecule has 27 heavy (non-hydrogen) atoms. The molecule has 0 aliphatic heterocycles. The van der Waals surface area contributed by atoms with Crippen molar-refractivity contribution >= 4 is 24.0 Å². The Kier molecular flexibility index (Phi) is 7.10. The summed E-state index contributed by atoms with van der Waals surface area (Å²) in [6.07, 6.45) is 6.24. The van der Waals surface area contributed by atoms with Gasteiger partial charge in [0.15, 0.2) is 0 Å². The summed E-state index contributed by atoms with van der Waals surface area (Å²) in [5, 5.41) is 20.6. The summed E-state index contributed by atoms with van der Waals surface area (Å²) in [4.78, 5) is 23.7. The number of hydrogen-bond acceptors (Lipinski definition) is 5. The molecule has 0 spiro atoms. The number of furan rings is 1. The van der Waals surface area contributed by atoms with Crippen LogP contribution in [-0.2, 0) is 4.79 Å². The first-order chi connectivity index (χ1) is 12.9. The van der Waals surface area contributed by atoms with Crippen LogP contribution in [0.1, 0.15) is 34.4 Å². The Morgan fingerprint density at radius 1 is 1.07 bits per heavy atom. The zero-order valence-corrected chi connectivity index (χ0v) is 15.0. The van der Waals surface area contributed by atoms with Gasteiger partial charge in [0.05, 0.1) is 6.10 Å². The molecule has 142 valence electrons. The fraction of sp³-hybridized carbons (Fsp3) is 0.200. The highest BCUT2D eigenvalue weighted by molar-refractivity contribution is 5.97. The van der Waals surface area contributed by atoms with E-state index in [1.807, 2.05) is 43.4 Å². The lowest BCUT2D eigenvalue weighted by Crippen LogP contribution is -2.51. The predicted molar refractivity (Wildman–Crippen MR) is 101 cm³/mol. The number of nitrogens with one attached hydrogen (secondary N) is 2. The topological polar surface area (TPSA) is 112 Å². The Morgan fingerprint density at radius 3 is 2.30 bits per heavy atom. The Labute approximate surface area is 157 Å². The summed E-state index contributed by atoms with van der Waals surface area (Å²) in [7, 11) is 0. The third kappa shape index (κ3) is 5.95. The molecule has 0 saturated heterocycles. The van der Waals surface area contributed by atoms with Crippen molar-refractivity contribution in [2.24, 2.45) is 0 Å². The van der Waals surface area contributed by atoms with Crippen molar-refractivity contribution in [2.45, 2.75) is 26.0 Å². The highest BCUT2D eigenvalue weighted by Gasteiger charge is 2.25. The number of rotatable bonds is 7. The maximum absolute atomic E-state index is 12.2. The molecular formula is C20H22N2O5. The summed E-state index contributed by atoms with van der Waals surface area (Å²) in [5.41, 5.74) is 2.62. The lowest BCUT2D eigenvalue weighted by molar-refractivity contribution is -0.133. The largest absolute Gasteiger partial charge is 0.462 e. The zero-order valence-electron chi connectivity index (χ0n) is 15.0. The third-order valence-corrected chi connectivity index (χ3v) is 3.76.